The van der Waals surface area contributed by atoms with Crippen LogP contribution in [-0.4, -0.2) is 38.2 Å². The SMILES string of the molecule is NCC(=O)NCc1cn(CC2(O)CCCCC2)nn1. The number of carbonyl (C=O) groups excluding carboxylic acids is 1. The zero-order valence-corrected chi connectivity index (χ0v) is 11.0. The summed E-state index contributed by atoms with van der Waals surface area (Å²) in [5.74, 6) is -0.222. The second kappa shape index (κ2) is 6.12. The summed E-state index contributed by atoms with van der Waals surface area (Å²) in [5, 5.41) is 21.0. The smallest absolute Gasteiger partial charge is 0.234 e. The van der Waals surface area contributed by atoms with Gasteiger partial charge in [-0.1, -0.05) is 24.5 Å². The molecule has 1 fully saturated rings. The van der Waals surface area contributed by atoms with Gasteiger partial charge in [-0.25, -0.2) is 4.68 Å². The van der Waals surface area contributed by atoms with Gasteiger partial charge in [0.1, 0.15) is 5.69 Å². The van der Waals surface area contributed by atoms with E-state index in [9.17, 15) is 9.90 Å². The van der Waals surface area contributed by atoms with Crippen molar-refractivity contribution in [3.63, 3.8) is 0 Å². The van der Waals surface area contributed by atoms with Crippen molar-refractivity contribution in [1.29, 1.82) is 0 Å². The molecule has 2 rings (SSSR count). The quantitative estimate of drug-likeness (QED) is 0.670. The molecule has 1 aromatic heterocycles. The highest BCUT2D eigenvalue weighted by Crippen LogP contribution is 2.29. The van der Waals surface area contributed by atoms with E-state index in [-0.39, 0.29) is 12.5 Å². The number of nitrogens with two attached hydrogens (primary N) is 1. The number of carbonyl (C=O) groups is 1. The van der Waals surface area contributed by atoms with E-state index in [1.807, 2.05) is 0 Å². The molecule has 106 valence electrons. The molecule has 0 saturated heterocycles. The Labute approximate surface area is 112 Å². The van der Waals surface area contributed by atoms with Gasteiger partial charge in [0.2, 0.25) is 5.91 Å². The minimum Gasteiger partial charge on any atom is -0.388 e. The highest BCUT2D eigenvalue weighted by molar-refractivity contribution is 5.77. The predicted octanol–water partition coefficient (Wildman–Crippen LogP) is -0.452. The first kappa shape index (κ1) is 14.0. The zero-order chi connectivity index (χ0) is 13.7. The maximum atomic E-state index is 11.0. The first-order valence-corrected chi connectivity index (χ1v) is 6.69. The molecule has 0 aromatic carbocycles. The lowest BCUT2D eigenvalue weighted by Crippen LogP contribution is -2.36. The summed E-state index contributed by atoms with van der Waals surface area (Å²) in [6, 6.07) is 0. The van der Waals surface area contributed by atoms with Crippen LogP contribution in [0.4, 0.5) is 0 Å². The third-order valence-corrected chi connectivity index (χ3v) is 3.48. The van der Waals surface area contributed by atoms with Crippen molar-refractivity contribution in [3.05, 3.63) is 11.9 Å². The van der Waals surface area contributed by atoms with Gasteiger partial charge < -0.3 is 16.2 Å². The van der Waals surface area contributed by atoms with Crippen LogP contribution < -0.4 is 11.1 Å². The number of nitrogens with zero attached hydrogens (tertiary/aromatic N) is 3. The van der Waals surface area contributed by atoms with E-state index in [4.69, 9.17) is 5.73 Å². The Balaban J connectivity index is 1.88. The van der Waals surface area contributed by atoms with Crippen molar-refractivity contribution in [2.45, 2.75) is 50.8 Å². The highest BCUT2D eigenvalue weighted by atomic mass is 16.3. The molecular formula is C12H21N5O2. The molecule has 0 radical (unpaired) electrons. The van der Waals surface area contributed by atoms with Crippen LogP contribution in [0.2, 0.25) is 0 Å². The Morgan fingerprint density at radius 3 is 2.89 bits per heavy atom. The molecule has 0 spiro atoms. The van der Waals surface area contributed by atoms with E-state index in [2.05, 4.69) is 15.6 Å². The fourth-order valence-corrected chi connectivity index (χ4v) is 2.43. The maximum Gasteiger partial charge on any atom is 0.234 e. The van der Waals surface area contributed by atoms with Crippen LogP contribution >= 0.6 is 0 Å². The van der Waals surface area contributed by atoms with Gasteiger partial charge in [-0.3, -0.25) is 4.79 Å². The average Bonchev–Trinajstić information content (AvgIpc) is 2.83. The van der Waals surface area contributed by atoms with E-state index in [0.29, 0.717) is 18.8 Å². The third-order valence-electron chi connectivity index (χ3n) is 3.48. The topological polar surface area (TPSA) is 106 Å². The van der Waals surface area contributed by atoms with Crippen LogP contribution in [0.25, 0.3) is 0 Å². The summed E-state index contributed by atoms with van der Waals surface area (Å²) in [5.41, 5.74) is 5.20. The molecule has 1 amide bonds. The van der Waals surface area contributed by atoms with Gasteiger partial charge in [0.05, 0.1) is 31.4 Å². The summed E-state index contributed by atoms with van der Waals surface area (Å²) < 4.78 is 1.65. The second-order valence-electron chi connectivity index (χ2n) is 5.17. The molecule has 1 aliphatic rings. The Hall–Kier alpha value is -1.47. The minimum absolute atomic E-state index is 0.0338. The maximum absolute atomic E-state index is 11.0. The lowest BCUT2D eigenvalue weighted by Gasteiger charge is -2.31. The van der Waals surface area contributed by atoms with E-state index < -0.39 is 5.60 Å². The van der Waals surface area contributed by atoms with Crippen LogP contribution in [0.3, 0.4) is 0 Å². The molecular weight excluding hydrogens is 246 g/mol. The van der Waals surface area contributed by atoms with Gasteiger partial charge in [0.25, 0.3) is 0 Å². The zero-order valence-electron chi connectivity index (χ0n) is 11.0. The first-order chi connectivity index (χ1) is 9.11. The average molecular weight is 267 g/mol. The molecule has 1 aliphatic carbocycles. The monoisotopic (exact) mass is 267 g/mol. The van der Waals surface area contributed by atoms with E-state index in [1.165, 1.54) is 6.42 Å². The van der Waals surface area contributed by atoms with Gasteiger partial charge in [-0.05, 0) is 12.8 Å². The molecule has 4 N–H and O–H groups in total. The van der Waals surface area contributed by atoms with Crippen molar-refractivity contribution < 1.29 is 9.90 Å². The van der Waals surface area contributed by atoms with Gasteiger partial charge in [0, 0.05) is 0 Å². The van der Waals surface area contributed by atoms with Crippen molar-refractivity contribution >= 4 is 5.91 Å². The number of aliphatic hydroxyl groups is 1. The van der Waals surface area contributed by atoms with Crippen molar-refractivity contribution in [2.24, 2.45) is 5.73 Å². The van der Waals surface area contributed by atoms with Crippen LogP contribution in [0.15, 0.2) is 6.20 Å². The normalized spacial score (nSPS) is 18.2. The largest absolute Gasteiger partial charge is 0.388 e. The van der Waals surface area contributed by atoms with Gasteiger partial charge in [0.15, 0.2) is 0 Å². The molecule has 7 heteroatoms. The Bertz CT molecular complexity index is 426. The molecule has 1 aromatic rings. The summed E-state index contributed by atoms with van der Waals surface area (Å²) >= 11 is 0. The summed E-state index contributed by atoms with van der Waals surface area (Å²) in [7, 11) is 0. The summed E-state index contributed by atoms with van der Waals surface area (Å²) in [6.07, 6.45) is 6.69. The van der Waals surface area contributed by atoms with Crippen LogP contribution in [0, 0.1) is 0 Å². The predicted molar refractivity (Wildman–Crippen MR) is 69.0 cm³/mol. The van der Waals surface area contributed by atoms with E-state index >= 15 is 0 Å². The fraction of sp³-hybridized carbons (Fsp3) is 0.750. The van der Waals surface area contributed by atoms with Gasteiger partial charge in [-0.15, -0.1) is 5.10 Å². The Morgan fingerprint density at radius 2 is 2.21 bits per heavy atom. The second-order valence-corrected chi connectivity index (χ2v) is 5.17. The molecule has 0 bridgehead atoms. The number of nitrogens with one attached hydrogen (secondary N) is 1. The highest BCUT2D eigenvalue weighted by Gasteiger charge is 2.30. The van der Waals surface area contributed by atoms with Gasteiger partial charge in [-0.2, -0.15) is 0 Å². The van der Waals surface area contributed by atoms with Crippen molar-refractivity contribution in [3.8, 4) is 0 Å². The fourth-order valence-electron chi connectivity index (χ4n) is 2.43. The number of aromatic nitrogens is 3. The number of amides is 1. The standard InChI is InChI=1S/C12H21N5O2/c13-6-11(18)14-7-10-8-17(16-15-10)9-12(19)4-2-1-3-5-12/h8,19H,1-7,9,13H2,(H,14,18). The molecule has 1 saturated carbocycles. The van der Waals surface area contributed by atoms with E-state index in [1.54, 1.807) is 10.9 Å². The van der Waals surface area contributed by atoms with Crippen LogP contribution in [0.5, 0.6) is 0 Å². The Morgan fingerprint density at radius 1 is 1.47 bits per heavy atom. The number of hydrogen-bond acceptors (Lipinski definition) is 5. The first-order valence-electron chi connectivity index (χ1n) is 6.69. The van der Waals surface area contributed by atoms with Crippen LogP contribution in [0.1, 0.15) is 37.8 Å². The molecule has 0 unspecified atom stereocenters. The Kier molecular flexibility index (Phi) is 4.49. The van der Waals surface area contributed by atoms with Crippen molar-refractivity contribution in [2.75, 3.05) is 6.54 Å². The molecule has 0 aliphatic heterocycles. The molecule has 7 nitrogen and oxygen atoms in total. The van der Waals surface area contributed by atoms with Crippen molar-refractivity contribution in [1.82, 2.24) is 20.3 Å². The van der Waals surface area contributed by atoms with Gasteiger partial charge >= 0.3 is 0 Å². The van der Waals surface area contributed by atoms with E-state index in [0.717, 1.165) is 25.7 Å². The molecule has 0 atom stereocenters. The molecule has 19 heavy (non-hydrogen) atoms. The summed E-state index contributed by atoms with van der Waals surface area (Å²) in [6.45, 7) is 0.743. The third kappa shape index (κ3) is 4.00. The minimum atomic E-state index is -0.663. The summed E-state index contributed by atoms with van der Waals surface area (Å²) in [4.78, 5) is 11.0. The molecule has 1 heterocycles. The number of hydrogen-bond donors (Lipinski definition) is 3. The lowest BCUT2D eigenvalue weighted by atomic mass is 9.85. The van der Waals surface area contributed by atoms with Crippen LogP contribution in [-0.2, 0) is 17.9 Å². The number of rotatable bonds is 5. The lowest BCUT2D eigenvalue weighted by molar-refractivity contribution is -0.119.